The fourth-order valence-corrected chi connectivity index (χ4v) is 1.89. The number of benzene rings is 1. The summed E-state index contributed by atoms with van der Waals surface area (Å²) in [5.41, 5.74) is 6.36. The van der Waals surface area contributed by atoms with Gasteiger partial charge in [0.2, 0.25) is 0 Å². The van der Waals surface area contributed by atoms with Gasteiger partial charge in [0.05, 0.1) is 15.8 Å². The van der Waals surface area contributed by atoms with E-state index in [4.69, 9.17) is 10.5 Å². The summed E-state index contributed by atoms with van der Waals surface area (Å²) < 4.78 is 5.72. The Labute approximate surface area is 130 Å². The number of anilines is 1. The van der Waals surface area contributed by atoms with Gasteiger partial charge in [-0.15, -0.1) is 0 Å². The first kappa shape index (κ1) is 15.7. The van der Waals surface area contributed by atoms with Gasteiger partial charge in [0, 0.05) is 24.4 Å². The minimum Gasteiger partial charge on any atom is -0.456 e. The molecule has 2 rings (SSSR count). The van der Waals surface area contributed by atoms with Crippen molar-refractivity contribution < 1.29 is 9.66 Å². The Hall–Kier alpha value is -2.72. The number of hydrogen-bond donors (Lipinski definition) is 1. The van der Waals surface area contributed by atoms with E-state index in [9.17, 15) is 10.1 Å². The monoisotopic (exact) mass is 316 g/mol. The minimum atomic E-state index is -0.464. The Bertz CT molecular complexity index is 749. The van der Waals surface area contributed by atoms with Crippen molar-refractivity contribution in [1.29, 1.82) is 0 Å². The topological polar surface area (TPSA) is 91.3 Å². The predicted molar refractivity (Wildman–Crippen MR) is 87.9 cm³/mol. The highest BCUT2D eigenvalue weighted by Crippen LogP contribution is 2.28. The number of non-ortho nitro benzene ring substituents is 1. The number of nitrogens with two attached hydrogens (primary N) is 1. The Morgan fingerprint density at radius 1 is 1.27 bits per heavy atom. The second-order valence-electron chi connectivity index (χ2n) is 4.47. The van der Waals surface area contributed by atoms with Crippen LogP contribution < -0.4 is 10.5 Å². The molecule has 0 spiro atoms. The van der Waals surface area contributed by atoms with Crippen LogP contribution in [0.5, 0.6) is 11.5 Å². The molecule has 1 heterocycles. The van der Waals surface area contributed by atoms with E-state index < -0.39 is 4.92 Å². The molecule has 0 saturated heterocycles. The van der Waals surface area contributed by atoms with E-state index in [1.54, 1.807) is 6.07 Å². The lowest BCUT2D eigenvalue weighted by Crippen LogP contribution is -1.98. The van der Waals surface area contributed by atoms with E-state index >= 15 is 0 Å². The number of nitrogen functional groups attached to an aromatic ring is 1. The summed E-state index contributed by atoms with van der Waals surface area (Å²) in [7, 11) is -0.0624. The molecule has 1 aromatic heterocycles. The number of pyridine rings is 1. The van der Waals surface area contributed by atoms with E-state index in [2.05, 4.69) is 16.2 Å². The number of nitrogens with zero attached hydrogens (tertiary/aromatic N) is 2. The molecule has 0 radical (unpaired) electrons. The number of nitro groups is 1. The Kier molecular flexibility index (Phi) is 4.86. The summed E-state index contributed by atoms with van der Waals surface area (Å²) in [5, 5.41) is 13.7. The van der Waals surface area contributed by atoms with E-state index in [0.29, 0.717) is 17.1 Å². The average molecular weight is 316 g/mol. The van der Waals surface area contributed by atoms with Gasteiger partial charge < -0.3 is 10.5 Å². The zero-order chi connectivity index (χ0) is 16.1. The van der Waals surface area contributed by atoms with Crippen LogP contribution in [0.25, 0.3) is 0 Å². The van der Waals surface area contributed by atoms with Gasteiger partial charge in [0.1, 0.15) is 35.4 Å². The zero-order valence-corrected chi connectivity index (χ0v) is 12.9. The van der Waals surface area contributed by atoms with E-state index in [1.807, 2.05) is 12.5 Å². The lowest BCUT2D eigenvalue weighted by Gasteiger charge is -2.08. The van der Waals surface area contributed by atoms with Gasteiger partial charge >= 0.3 is 0 Å². The van der Waals surface area contributed by atoms with Crippen LogP contribution in [0.2, 0.25) is 0 Å². The molecule has 6 nitrogen and oxygen atoms in total. The van der Waals surface area contributed by atoms with Crippen molar-refractivity contribution in [1.82, 2.24) is 4.98 Å². The normalized spacial score (nSPS) is 9.95. The fourth-order valence-electron chi connectivity index (χ4n) is 1.59. The maximum absolute atomic E-state index is 10.6. The third-order valence-electron chi connectivity index (χ3n) is 2.60. The van der Waals surface area contributed by atoms with Crippen molar-refractivity contribution >= 4 is 22.4 Å². The van der Waals surface area contributed by atoms with Crippen LogP contribution in [0.4, 0.5) is 11.5 Å². The summed E-state index contributed by atoms with van der Waals surface area (Å²) >= 11 is 0. The first-order valence-corrected chi connectivity index (χ1v) is 8.27. The van der Waals surface area contributed by atoms with Crippen molar-refractivity contribution in [3.8, 4) is 22.7 Å². The van der Waals surface area contributed by atoms with Gasteiger partial charge in [0.25, 0.3) is 5.69 Å². The molecule has 112 valence electrons. The molecular formula is C15H14N3O3S+. The Morgan fingerprint density at radius 2 is 1.95 bits per heavy atom. The standard InChI is InChI=1S/C15H14N3O3S/c1-22(2)10-8-13-14(7-9-17-15(13)16)21-12-5-3-11(4-6-12)18(19)20/h3-7,9H,1-2H3,(H2,16,17)/q+1. The molecule has 0 fully saturated rings. The van der Waals surface area contributed by atoms with Gasteiger partial charge in [-0.3, -0.25) is 10.1 Å². The molecule has 0 atom stereocenters. The van der Waals surface area contributed by atoms with E-state index in [0.717, 1.165) is 0 Å². The van der Waals surface area contributed by atoms with Crippen molar-refractivity contribution in [3.05, 3.63) is 52.2 Å². The van der Waals surface area contributed by atoms with E-state index in [1.165, 1.54) is 30.5 Å². The van der Waals surface area contributed by atoms with E-state index in [-0.39, 0.29) is 22.4 Å². The van der Waals surface area contributed by atoms with Crippen LogP contribution >= 0.6 is 0 Å². The largest absolute Gasteiger partial charge is 0.456 e. The smallest absolute Gasteiger partial charge is 0.269 e. The maximum Gasteiger partial charge on any atom is 0.269 e. The van der Waals surface area contributed by atoms with Crippen molar-refractivity contribution in [2.24, 2.45) is 0 Å². The summed E-state index contributed by atoms with van der Waals surface area (Å²) in [4.78, 5) is 14.2. The molecule has 0 aliphatic rings. The summed E-state index contributed by atoms with van der Waals surface area (Å²) in [5.74, 6) is 4.20. The Balaban J connectivity index is 2.32. The van der Waals surface area contributed by atoms with Gasteiger partial charge in [-0.25, -0.2) is 4.98 Å². The van der Waals surface area contributed by atoms with Gasteiger partial charge in [0.15, 0.2) is 5.25 Å². The third-order valence-corrected chi connectivity index (χ3v) is 3.11. The molecular weight excluding hydrogens is 302 g/mol. The molecule has 22 heavy (non-hydrogen) atoms. The maximum atomic E-state index is 10.6. The number of aromatic nitrogens is 1. The summed E-state index contributed by atoms with van der Waals surface area (Å²) in [6.07, 6.45) is 5.52. The number of hydrogen-bond acceptors (Lipinski definition) is 5. The molecule has 7 heteroatoms. The highest BCUT2D eigenvalue weighted by molar-refractivity contribution is 8.00. The van der Waals surface area contributed by atoms with Crippen LogP contribution in [0.3, 0.4) is 0 Å². The lowest BCUT2D eigenvalue weighted by atomic mass is 10.2. The molecule has 0 bridgehead atoms. The minimum absolute atomic E-state index is 0.00242. The van der Waals surface area contributed by atoms with Gasteiger partial charge in [-0.1, -0.05) is 0 Å². The predicted octanol–water partition coefficient (Wildman–Crippen LogP) is 2.55. The van der Waals surface area contributed by atoms with Crippen LogP contribution in [-0.2, 0) is 10.9 Å². The van der Waals surface area contributed by atoms with Crippen molar-refractivity contribution in [2.75, 3.05) is 18.2 Å². The highest BCUT2D eigenvalue weighted by atomic mass is 32.2. The molecule has 2 N–H and O–H groups in total. The van der Waals surface area contributed by atoms with Crippen molar-refractivity contribution in [2.45, 2.75) is 0 Å². The number of nitro benzene ring substituents is 1. The van der Waals surface area contributed by atoms with Crippen LogP contribution in [0.1, 0.15) is 5.56 Å². The number of ether oxygens (including phenoxy) is 1. The van der Waals surface area contributed by atoms with Crippen molar-refractivity contribution in [3.63, 3.8) is 0 Å². The van der Waals surface area contributed by atoms with Crippen LogP contribution in [-0.4, -0.2) is 22.4 Å². The molecule has 0 unspecified atom stereocenters. The van der Waals surface area contributed by atoms with Crippen LogP contribution in [0, 0.1) is 21.3 Å². The van der Waals surface area contributed by atoms with Gasteiger partial charge in [-0.2, -0.15) is 0 Å². The highest BCUT2D eigenvalue weighted by Gasteiger charge is 2.10. The second kappa shape index (κ2) is 6.83. The molecule has 0 saturated carbocycles. The second-order valence-corrected chi connectivity index (χ2v) is 6.30. The molecule has 0 aliphatic heterocycles. The molecule has 2 aromatic rings. The lowest BCUT2D eigenvalue weighted by molar-refractivity contribution is -0.384. The zero-order valence-electron chi connectivity index (χ0n) is 12.1. The first-order valence-electron chi connectivity index (χ1n) is 6.23. The SMILES string of the molecule is C[S+](C)C#Cc1c(Oc2ccc([N+](=O)[O-])cc2)ccnc1N. The molecule has 0 amide bonds. The van der Waals surface area contributed by atoms with Gasteiger partial charge in [-0.05, 0) is 18.1 Å². The summed E-state index contributed by atoms with van der Waals surface area (Å²) in [6, 6.07) is 7.46. The Morgan fingerprint density at radius 3 is 2.55 bits per heavy atom. The fraction of sp³-hybridized carbons (Fsp3) is 0.133. The summed E-state index contributed by atoms with van der Waals surface area (Å²) in [6.45, 7) is 0. The van der Waals surface area contributed by atoms with Crippen LogP contribution in [0.15, 0.2) is 36.5 Å². The first-order chi connectivity index (χ1) is 10.5. The molecule has 1 aromatic carbocycles. The average Bonchev–Trinajstić information content (AvgIpc) is 2.47. The number of rotatable bonds is 3. The quantitative estimate of drug-likeness (QED) is 0.407. The third kappa shape index (κ3) is 3.90. The molecule has 0 aliphatic carbocycles.